The average molecular weight is 225 g/mol. The summed E-state index contributed by atoms with van der Waals surface area (Å²) in [7, 11) is 2.08. The molecule has 2 N–H and O–H groups in total. The molecule has 1 aliphatic heterocycles. The van der Waals surface area contributed by atoms with Gasteiger partial charge in [0.15, 0.2) is 5.96 Å². The number of hydrogen-bond donors (Lipinski definition) is 2. The van der Waals surface area contributed by atoms with Crippen molar-refractivity contribution < 1.29 is 5.11 Å². The predicted octanol–water partition coefficient (Wildman–Crippen LogP) is 0.676. The van der Waals surface area contributed by atoms with E-state index in [9.17, 15) is 5.11 Å². The average Bonchev–Trinajstić information content (AvgIpc) is 2.72. The second-order valence-corrected chi connectivity index (χ2v) is 5.09. The van der Waals surface area contributed by atoms with Gasteiger partial charge in [-0.25, -0.2) is 0 Å². The molecule has 4 heteroatoms. The largest absolute Gasteiger partial charge is 0.396 e. The molecule has 92 valence electrons. The highest BCUT2D eigenvalue weighted by Crippen LogP contribution is 2.28. The Morgan fingerprint density at radius 1 is 1.44 bits per heavy atom. The number of likely N-dealkylation sites (N-methyl/N-ethyl adjacent to an activating group) is 1. The third-order valence-electron chi connectivity index (χ3n) is 3.76. The summed E-state index contributed by atoms with van der Waals surface area (Å²) in [6.45, 7) is 3.33. The van der Waals surface area contributed by atoms with E-state index >= 15 is 0 Å². The number of aliphatic hydroxyl groups is 1. The Morgan fingerprint density at radius 3 is 2.94 bits per heavy atom. The molecule has 0 spiro atoms. The molecule has 1 aliphatic carbocycles. The van der Waals surface area contributed by atoms with E-state index in [0.29, 0.717) is 18.4 Å². The molecule has 1 saturated carbocycles. The molecular formula is C12H23N3O. The summed E-state index contributed by atoms with van der Waals surface area (Å²) in [4.78, 5) is 6.60. The second-order valence-electron chi connectivity index (χ2n) is 5.09. The molecule has 0 aromatic rings. The number of aliphatic hydroxyl groups excluding tert-OH is 1. The number of hydrogen-bond acceptors (Lipinski definition) is 4. The first-order valence-corrected chi connectivity index (χ1v) is 6.40. The van der Waals surface area contributed by atoms with Gasteiger partial charge >= 0.3 is 0 Å². The van der Waals surface area contributed by atoms with Crippen LogP contribution < -0.4 is 5.32 Å². The Bertz CT molecular complexity index is 255. The zero-order valence-electron chi connectivity index (χ0n) is 10.2. The molecule has 0 aromatic carbocycles. The van der Waals surface area contributed by atoms with Crippen LogP contribution in [0.2, 0.25) is 0 Å². The van der Waals surface area contributed by atoms with Crippen LogP contribution in [-0.2, 0) is 0 Å². The van der Waals surface area contributed by atoms with Crippen molar-refractivity contribution >= 4 is 5.96 Å². The summed E-state index contributed by atoms with van der Waals surface area (Å²) in [5.41, 5.74) is 0. The van der Waals surface area contributed by atoms with E-state index in [4.69, 9.17) is 0 Å². The topological polar surface area (TPSA) is 47.9 Å². The van der Waals surface area contributed by atoms with E-state index in [1.807, 2.05) is 0 Å². The quantitative estimate of drug-likeness (QED) is 0.742. The second kappa shape index (κ2) is 5.53. The van der Waals surface area contributed by atoms with Crippen LogP contribution in [0, 0.1) is 11.8 Å². The fourth-order valence-electron chi connectivity index (χ4n) is 2.71. The Kier molecular flexibility index (Phi) is 4.04. The van der Waals surface area contributed by atoms with Gasteiger partial charge in [0.2, 0.25) is 0 Å². The molecule has 0 radical (unpaired) electrons. The molecule has 1 heterocycles. The first-order chi connectivity index (χ1) is 7.79. The summed E-state index contributed by atoms with van der Waals surface area (Å²) in [6.07, 6.45) is 4.93. The highest BCUT2D eigenvalue weighted by atomic mass is 16.3. The van der Waals surface area contributed by atoms with Crippen LogP contribution in [0.25, 0.3) is 0 Å². The maximum absolute atomic E-state index is 9.18. The highest BCUT2D eigenvalue weighted by Gasteiger charge is 2.22. The molecule has 0 bridgehead atoms. The van der Waals surface area contributed by atoms with Crippen LogP contribution in [0.5, 0.6) is 0 Å². The Labute approximate surface area is 97.7 Å². The van der Waals surface area contributed by atoms with Crippen LogP contribution >= 0.6 is 0 Å². The van der Waals surface area contributed by atoms with Crippen LogP contribution in [0.15, 0.2) is 4.99 Å². The maximum Gasteiger partial charge on any atom is 0.193 e. The normalized spacial score (nSPS) is 30.4. The third kappa shape index (κ3) is 2.88. The summed E-state index contributed by atoms with van der Waals surface area (Å²) in [6, 6.07) is 0. The molecule has 0 amide bonds. The first kappa shape index (κ1) is 11.7. The van der Waals surface area contributed by atoms with Gasteiger partial charge in [-0.05, 0) is 31.1 Å². The molecule has 4 nitrogen and oxygen atoms in total. The number of nitrogens with zero attached hydrogens (tertiary/aromatic N) is 2. The molecule has 0 aromatic heterocycles. The SMILES string of the molecule is CN1CCN=C1NC[C@H]1CCC[C@@H](CO)C1. The van der Waals surface area contributed by atoms with Gasteiger partial charge in [-0.3, -0.25) is 4.99 Å². The maximum atomic E-state index is 9.18. The van der Waals surface area contributed by atoms with Crippen molar-refractivity contribution in [2.24, 2.45) is 16.8 Å². The molecule has 2 aliphatic rings. The fraction of sp³-hybridized carbons (Fsp3) is 0.917. The van der Waals surface area contributed by atoms with Crippen molar-refractivity contribution in [3.8, 4) is 0 Å². The van der Waals surface area contributed by atoms with Gasteiger partial charge in [0.25, 0.3) is 0 Å². The lowest BCUT2D eigenvalue weighted by Gasteiger charge is -2.28. The predicted molar refractivity (Wildman–Crippen MR) is 65.5 cm³/mol. The van der Waals surface area contributed by atoms with E-state index in [-0.39, 0.29) is 0 Å². The zero-order valence-corrected chi connectivity index (χ0v) is 10.2. The van der Waals surface area contributed by atoms with E-state index in [1.165, 1.54) is 25.7 Å². The fourth-order valence-corrected chi connectivity index (χ4v) is 2.71. The van der Waals surface area contributed by atoms with E-state index in [1.54, 1.807) is 0 Å². The molecule has 2 rings (SSSR count). The van der Waals surface area contributed by atoms with Gasteiger partial charge in [0.05, 0.1) is 6.54 Å². The minimum atomic E-state index is 0.358. The Balaban J connectivity index is 1.73. The van der Waals surface area contributed by atoms with Crippen molar-refractivity contribution in [3.05, 3.63) is 0 Å². The third-order valence-corrected chi connectivity index (χ3v) is 3.76. The molecule has 0 saturated heterocycles. The monoisotopic (exact) mass is 225 g/mol. The van der Waals surface area contributed by atoms with Crippen molar-refractivity contribution in [3.63, 3.8) is 0 Å². The van der Waals surface area contributed by atoms with Gasteiger partial charge in [0.1, 0.15) is 0 Å². The van der Waals surface area contributed by atoms with Crippen LogP contribution in [-0.4, -0.2) is 49.3 Å². The lowest BCUT2D eigenvalue weighted by molar-refractivity contribution is 0.161. The lowest BCUT2D eigenvalue weighted by Crippen LogP contribution is -2.39. The standard InChI is InChI=1S/C12H23N3O/c1-15-6-5-13-12(15)14-8-10-3-2-4-11(7-10)9-16/h10-11,16H,2-9H2,1H3,(H,13,14)/t10-,11+/m0/s1. The van der Waals surface area contributed by atoms with E-state index < -0.39 is 0 Å². The van der Waals surface area contributed by atoms with Crippen molar-refractivity contribution in [2.45, 2.75) is 25.7 Å². The molecule has 16 heavy (non-hydrogen) atoms. The Morgan fingerprint density at radius 2 is 2.25 bits per heavy atom. The van der Waals surface area contributed by atoms with E-state index in [0.717, 1.165) is 25.6 Å². The van der Waals surface area contributed by atoms with Gasteiger partial charge in [-0.1, -0.05) is 6.42 Å². The van der Waals surface area contributed by atoms with Crippen molar-refractivity contribution in [1.29, 1.82) is 0 Å². The summed E-state index contributed by atoms with van der Waals surface area (Å²) in [5, 5.41) is 12.6. The first-order valence-electron chi connectivity index (χ1n) is 6.40. The van der Waals surface area contributed by atoms with E-state index in [2.05, 4.69) is 22.3 Å². The number of aliphatic imine (C=N–C) groups is 1. The Hall–Kier alpha value is -0.770. The minimum Gasteiger partial charge on any atom is -0.396 e. The summed E-state index contributed by atoms with van der Waals surface area (Å²) >= 11 is 0. The van der Waals surface area contributed by atoms with Gasteiger partial charge in [-0.15, -0.1) is 0 Å². The smallest absolute Gasteiger partial charge is 0.193 e. The van der Waals surface area contributed by atoms with Crippen LogP contribution in [0.4, 0.5) is 0 Å². The van der Waals surface area contributed by atoms with Crippen LogP contribution in [0.1, 0.15) is 25.7 Å². The summed E-state index contributed by atoms with van der Waals surface area (Å²) in [5.74, 6) is 2.29. The lowest BCUT2D eigenvalue weighted by atomic mass is 9.82. The van der Waals surface area contributed by atoms with Crippen LogP contribution in [0.3, 0.4) is 0 Å². The number of rotatable bonds is 3. The minimum absolute atomic E-state index is 0.358. The van der Waals surface area contributed by atoms with Crippen molar-refractivity contribution in [1.82, 2.24) is 10.2 Å². The molecule has 0 unspecified atom stereocenters. The highest BCUT2D eigenvalue weighted by molar-refractivity contribution is 5.81. The van der Waals surface area contributed by atoms with Gasteiger partial charge in [0, 0.05) is 26.7 Å². The molecule has 1 fully saturated rings. The van der Waals surface area contributed by atoms with Crippen molar-refractivity contribution in [2.75, 3.05) is 33.3 Å². The molecule has 2 atom stereocenters. The van der Waals surface area contributed by atoms with Gasteiger partial charge < -0.3 is 15.3 Å². The number of guanidine groups is 1. The molecular weight excluding hydrogens is 202 g/mol. The zero-order chi connectivity index (χ0) is 11.4. The summed E-state index contributed by atoms with van der Waals surface area (Å²) < 4.78 is 0. The van der Waals surface area contributed by atoms with Gasteiger partial charge in [-0.2, -0.15) is 0 Å². The number of nitrogens with one attached hydrogen (secondary N) is 1.